The lowest BCUT2D eigenvalue weighted by molar-refractivity contribution is -0.124. The summed E-state index contributed by atoms with van der Waals surface area (Å²) < 4.78 is 32.3. The molecule has 0 aliphatic carbocycles. The molecule has 1 heterocycles. The number of carbonyl (C=O) groups excluding carboxylic acids is 1. The van der Waals surface area contributed by atoms with Gasteiger partial charge in [0.2, 0.25) is 5.91 Å². The van der Waals surface area contributed by atoms with E-state index in [0.717, 1.165) is 19.4 Å². The monoisotopic (exact) mass is 327 g/mol. The number of likely N-dealkylation sites (tertiary alicyclic amines) is 1. The fourth-order valence-corrected chi connectivity index (χ4v) is 2.79. The van der Waals surface area contributed by atoms with Crippen molar-refractivity contribution < 1.29 is 18.3 Å². The zero-order valence-electron chi connectivity index (χ0n) is 13.2. The Morgan fingerprint density at radius 3 is 2.83 bits per heavy atom. The number of halogens is 2. The molecule has 1 aliphatic heterocycles. The maximum Gasteiger partial charge on any atom is 0.239 e. The van der Waals surface area contributed by atoms with Gasteiger partial charge >= 0.3 is 0 Å². The molecule has 0 radical (unpaired) electrons. The third-order valence-corrected chi connectivity index (χ3v) is 3.98. The molecule has 1 aromatic carbocycles. The van der Waals surface area contributed by atoms with E-state index in [4.69, 9.17) is 10.5 Å². The molecule has 0 saturated carbocycles. The van der Waals surface area contributed by atoms with Gasteiger partial charge in [-0.15, -0.1) is 0 Å². The second-order valence-corrected chi connectivity index (χ2v) is 5.84. The Balaban J connectivity index is 1.92. The predicted molar refractivity (Wildman–Crippen MR) is 82.7 cm³/mol. The maximum atomic E-state index is 13.7. The molecular formula is C16H23F2N3O2. The van der Waals surface area contributed by atoms with Crippen LogP contribution >= 0.6 is 0 Å². The molecule has 5 nitrogen and oxygen atoms in total. The van der Waals surface area contributed by atoms with Crippen molar-refractivity contribution in [2.24, 2.45) is 5.73 Å². The Morgan fingerprint density at radius 2 is 2.17 bits per heavy atom. The van der Waals surface area contributed by atoms with Crippen molar-refractivity contribution in [2.45, 2.75) is 31.5 Å². The lowest BCUT2D eigenvalue weighted by Gasteiger charge is -2.33. The van der Waals surface area contributed by atoms with Gasteiger partial charge in [-0.05, 0) is 31.5 Å². The van der Waals surface area contributed by atoms with Crippen LogP contribution in [0.25, 0.3) is 0 Å². The molecule has 1 amide bonds. The van der Waals surface area contributed by atoms with E-state index in [2.05, 4.69) is 5.32 Å². The Labute approximate surface area is 134 Å². The van der Waals surface area contributed by atoms with Crippen molar-refractivity contribution in [3.05, 3.63) is 35.4 Å². The number of ether oxygens (including phenoxy) is 1. The first-order chi connectivity index (χ1) is 11.0. The van der Waals surface area contributed by atoms with Crippen LogP contribution in [0.4, 0.5) is 8.78 Å². The Kier molecular flexibility index (Phi) is 6.44. The van der Waals surface area contributed by atoms with Gasteiger partial charge in [-0.25, -0.2) is 8.78 Å². The van der Waals surface area contributed by atoms with Gasteiger partial charge in [-0.1, -0.05) is 6.07 Å². The number of hydrogen-bond acceptors (Lipinski definition) is 4. The Morgan fingerprint density at radius 1 is 1.48 bits per heavy atom. The number of nitrogens with one attached hydrogen (secondary N) is 1. The number of nitrogens with zero attached hydrogens (tertiary/aromatic N) is 1. The second-order valence-electron chi connectivity index (χ2n) is 5.84. The highest BCUT2D eigenvalue weighted by Gasteiger charge is 2.24. The molecule has 2 rings (SSSR count). The highest BCUT2D eigenvalue weighted by atomic mass is 19.1. The summed E-state index contributed by atoms with van der Waals surface area (Å²) in [5.41, 5.74) is 5.76. The maximum absolute atomic E-state index is 13.7. The first-order valence-electron chi connectivity index (χ1n) is 7.71. The van der Waals surface area contributed by atoms with Crippen molar-refractivity contribution in [1.82, 2.24) is 10.2 Å². The minimum absolute atomic E-state index is 0.0653. The molecule has 128 valence electrons. The molecule has 0 spiro atoms. The smallest absolute Gasteiger partial charge is 0.239 e. The van der Waals surface area contributed by atoms with Crippen LogP contribution in [0.2, 0.25) is 0 Å². The van der Waals surface area contributed by atoms with E-state index in [0.29, 0.717) is 6.54 Å². The highest BCUT2D eigenvalue weighted by molar-refractivity contribution is 5.81. The van der Waals surface area contributed by atoms with Crippen LogP contribution in [0.1, 0.15) is 18.4 Å². The molecule has 2 atom stereocenters. The molecule has 2 unspecified atom stereocenters. The standard InChI is InChI=1S/C16H23F2N3O2/c1-23-10-15(19)16(22)20-11-4-3-7-21(8-11)9-12-13(17)5-2-6-14(12)18/h2,5-6,11,15H,3-4,7-10,19H2,1H3,(H,20,22). The van der Waals surface area contributed by atoms with E-state index in [1.54, 1.807) is 0 Å². The Hall–Kier alpha value is -1.57. The largest absolute Gasteiger partial charge is 0.383 e. The van der Waals surface area contributed by atoms with Gasteiger partial charge in [0, 0.05) is 31.8 Å². The highest BCUT2D eigenvalue weighted by Crippen LogP contribution is 2.18. The molecule has 23 heavy (non-hydrogen) atoms. The fraction of sp³-hybridized carbons (Fsp3) is 0.562. The molecule has 0 bridgehead atoms. The third kappa shape index (κ3) is 4.95. The van der Waals surface area contributed by atoms with Gasteiger partial charge in [-0.2, -0.15) is 0 Å². The quantitative estimate of drug-likeness (QED) is 0.819. The lowest BCUT2D eigenvalue weighted by Crippen LogP contribution is -2.52. The zero-order chi connectivity index (χ0) is 16.8. The van der Waals surface area contributed by atoms with Crippen LogP contribution in [0.5, 0.6) is 0 Å². The van der Waals surface area contributed by atoms with Crippen LogP contribution in [0, 0.1) is 11.6 Å². The van der Waals surface area contributed by atoms with E-state index >= 15 is 0 Å². The molecular weight excluding hydrogens is 304 g/mol. The first kappa shape index (κ1) is 17.8. The molecule has 1 saturated heterocycles. The van der Waals surface area contributed by atoms with Gasteiger partial charge in [0.25, 0.3) is 0 Å². The number of carbonyl (C=O) groups is 1. The van der Waals surface area contributed by atoms with Crippen molar-refractivity contribution >= 4 is 5.91 Å². The van der Waals surface area contributed by atoms with E-state index in [9.17, 15) is 13.6 Å². The molecule has 7 heteroatoms. The number of nitrogens with two attached hydrogens (primary N) is 1. The second kappa shape index (κ2) is 8.33. The van der Waals surface area contributed by atoms with E-state index in [1.165, 1.54) is 25.3 Å². The summed E-state index contributed by atoms with van der Waals surface area (Å²) in [5, 5.41) is 2.88. The average Bonchev–Trinajstić information content (AvgIpc) is 2.52. The number of rotatable bonds is 6. The normalized spacial score (nSPS) is 20.3. The summed E-state index contributed by atoms with van der Waals surface area (Å²) in [7, 11) is 1.48. The van der Waals surface area contributed by atoms with Gasteiger partial charge in [0.15, 0.2) is 0 Å². The lowest BCUT2D eigenvalue weighted by atomic mass is 10.0. The molecule has 0 aromatic heterocycles. The minimum atomic E-state index is -0.709. The third-order valence-electron chi connectivity index (χ3n) is 3.98. The SMILES string of the molecule is COCC(N)C(=O)NC1CCCN(Cc2c(F)cccc2F)C1. The molecule has 1 aliphatic rings. The number of piperidine rings is 1. The predicted octanol–water partition coefficient (Wildman–Crippen LogP) is 1.02. The first-order valence-corrected chi connectivity index (χ1v) is 7.71. The summed E-state index contributed by atoms with van der Waals surface area (Å²) >= 11 is 0. The van der Waals surface area contributed by atoms with Crippen molar-refractivity contribution in [2.75, 3.05) is 26.8 Å². The van der Waals surface area contributed by atoms with Gasteiger partial charge in [-0.3, -0.25) is 9.69 Å². The van der Waals surface area contributed by atoms with Crippen LogP contribution in [0.3, 0.4) is 0 Å². The molecule has 3 N–H and O–H groups in total. The number of amides is 1. The number of benzene rings is 1. The van der Waals surface area contributed by atoms with Gasteiger partial charge in [0.05, 0.1) is 6.61 Å². The summed E-state index contributed by atoms with van der Waals surface area (Å²) in [6.07, 6.45) is 1.67. The van der Waals surface area contributed by atoms with Crippen molar-refractivity contribution in [3.63, 3.8) is 0 Å². The van der Waals surface area contributed by atoms with Gasteiger partial charge < -0.3 is 15.8 Å². The molecule has 1 fully saturated rings. The summed E-state index contributed by atoms with van der Waals surface area (Å²) in [5.74, 6) is -1.35. The Bertz CT molecular complexity index is 522. The van der Waals surface area contributed by atoms with E-state index in [-0.39, 0.29) is 30.7 Å². The summed E-state index contributed by atoms with van der Waals surface area (Å²) in [4.78, 5) is 13.9. The van der Waals surface area contributed by atoms with Crippen molar-refractivity contribution in [1.29, 1.82) is 0 Å². The van der Waals surface area contributed by atoms with E-state index in [1.807, 2.05) is 4.90 Å². The number of hydrogen-bond donors (Lipinski definition) is 2. The topological polar surface area (TPSA) is 67.6 Å². The molecule has 1 aromatic rings. The van der Waals surface area contributed by atoms with Gasteiger partial charge in [0.1, 0.15) is 17.7 Å². The summed E-state index contributed by atoms with van der Waals surface area (Å²) in [6, 6.07) is 3.08. The van der Waals surface area contributed by atoms with Crippen LogP contribution in [-0.4, -0.2) is 49.7 Å². The number of methoxy groups -OCH3 is 1. The van der Waals surface area contributed by atoms with Crippen molar-refractivity contribution in [3.8, 4) is 0 Å². The van der Waals surface area contributed by atoms with Crippen LogP contribution in [0.15, 0.2) is 18.2 Å². The average molecular weight is 327 g/mol. The summed E-state index contributed by atoms with van der Waals surface area (Å²) in [6.45, 7) is 1.63. The minimum Gasteiger partial charge on any atom is -0.383 e. The van der Waals surface area contributed by atoms with E-state index < -0.39 is 17.7 Å². The van der Waals surface area contributed by atoms with Crippen LogP contribution in [-0.2, 0) is 16.1 Å². The van der Waals surface area contributed by atoms with Crippen LogP contribution < -0.4 is 11.1 Å². The fourth-order valence-electron chi connectivity index (χ4n) is 2.79. The zero-order valence-corrected chi connectivity index (χ0v) is 13.2.